The molecular weight excluding hydrogens is 626 g/mol. The van der Waals surface area contributed by atoms with E-state index in [-0.39, 0.29) is 0 Å². The van der Waals surface area contributed by atoms with E-state index < -0.39 is 69.4 Å². The monoisotopic (exact) mass is 690 g/mol. The predicted octanol–water partition coefficient (Wildman–Crippen LogP) is 4.36. The first-order valence-corrected chi connectivity index (χ1v) is 19.4. The van der Waals surface area contributed by atoms with E-state index in [2.05, 4.69) is 0 Å². The minimum Gasteiger partial charge on any atom is -0.396 e. The van der Waals surface area contributed by atoms with Crippen molar-refractivity contribution in [3.05, 3.63) is 57.6 Å². The van der Waals surface area contributed by atoms with E-state index in [0.29, 0.717) is 10.6 Å². The summed E-state index contributed by atoms with van der Waals surface area (Å²) in [5.74, 6) is 0. The van der Waals surface area contributed by atoms with Gasteiger partial charge in [-0.3, -0.25) is 0 Å². The van der Waals surface area contributed by atoms with Gasteiger partial charge in [0, 0.05) is 0 Å². The molecule has 0 fully saturated rings. The average Bonchev–Trinajstić information content (AvgIpc) is 2.87. The maximum Gasteiger partial charge on any atom is 0.0627 e. The quantitative estimate of drug-likeness (QED) is 0.188. The topological polar surface area (TPSA) is 171 Å². The van der Waals surface area contributed by atoms with Crippen LogP contribution in [0, 0.1) is 19.3 Å². The van der Waals surface area contributed by atoms with Crippen LogP contribution in [-0.4, -0.2) is 66.4 Å². The molecule has 0 bridgehead atoms. The number of aliphatic hydroxyl groups excluding tert-OH is 4. The molecule has 0 aliphatic carbocycles. The Morgan fingerprint density at radius 2 is 0.652 bits per heavy atom. The van der Waals surface area contributed by atoms with Crippen LogP contribution in [0.5, 0.6) is 0 Å². The SMILES string of the molecule is Cc1cc(C(C)(C)C)c([PH](O)(O)O[PH](O)(O)c2c(C(C)(C)C)cc(C)cc2C(C)(C)C)c(C(C)(C)C)c1.OCC(CO)(CO)CO. The third kappa shape index (κ3) is 10.5. The third-order valence-corrected chi connectivity index (χ3v) is 12.7. The van der Waals surface area contributed by atoms with Gasteiger partial charge in [-0.15, -0.1) is 0 Å². The molecule has 11 heteroatoms. The second-order valence-electron chi connectivity index (χ2n) is 16.9. The Labute approximate surface area is 278 Å². The van der Waals surface area contributed by atoms with Gasteiger partial charge in [-0.25, -0.2) is 0 Å². The smallest absolute Gasteiger partial charge is 0.0627 e. The van der Waals surface area contributed by atoms with Crippen molar-refractivity contribution in [2.75, 3.05) is 26.4 Å². The summed E-state index contributed by atoms with van der Waals surface area (Å²) in [5.41, 5.74) is 2.16. The van der Waals surface area contributed by atoms with Crippen molar-refractivity contribution >= 4 is 26.5 Å². The first-order valence-electron chi connectivity index (χ1n) is 15.8. The molecule has 0 amide bonds. The van der Waals surface area contributed by atoms with Crippen molar-refractivity contribution in [3.63, 3.8) is 0 Å². The van der Waals surface area contributed by atoms with Crippen LogP contribution in [0.15, 0.2) is 24.3 Å². The summed E-state index contributed by atoms with van der Waals surface area (Å²) in [6, 6.07) is 7.81. The molecule has 0 aliphatic heterocycles. The van der Waals surface area contributed by atoms with Gasteiger partial charge in [0.25, 0.3) is 0 Å². The van der Waals surface area contributed by atoms with E-state index in [4.69, 9.17) is 24.7 Å². The third-order valence-electron chi connectivity index (χ3n) is 8.08. The molecule has 2 aromatic rings. The predicted molar refractivity (Wildman–Crippen MR) is 194 cm³/mol. The summed E-state index contributed by atoms with van der Waals surface area (Å²) in [5, 5.41) is 34.6. The maximum absolute atomic E-state index is 11.8. The minimum atomic E-state index is -4.85. The second-order valence-corrected chi connectivity index (χ2v) is 21.2. The van der Waals surface area contributed by atoms with Crippen LogP contribution in [-0.2, 0) is 26.0 Å². The molecule has 0 heterocycles. The number of hydrogen-bond donors (Lipinski definition) is 8. The average molecular weight is 691 g/mol. The Morgan fingerprint density at radius 3 is 0.783 bits per heavy atom. The van der Waals surface area contributed by atoms with Crippen LogP contribution in [0.3, 0.4) is 0 Å². The van der Waals surface area contributed by atoms with Crippen molar-refractivity contribution in [1.29, 1.82) is 0 Å². The van der Waals surface area contributed by atoms with Crippen molar-refractivity contribution in [2.24, 2.45) is 5.41 Å². The van der Waals surface area contributed by atoms with E-state index >= 15 is 0 Å². The molecule has 8 N–H and O–H groups in total. The summed E-state index contributed by atoms with van der Waals surface area (Å²) in [6.07, 6.45) is 0. The fourth-order valence-electron chi connectivity index (χ4n) is 5.24. The zero-order valence-electron chi connectivity index (χ0n) is 30.6. The van der Waals surface area contributed by atoms with Gasteiger partial charge in [-0.2, -0.15) is 0 Å². The van der Waals surface area contributed by atoms with Crippen molar-refractivity contribution in [1.82, 2.24) is 0 Å². The molecule has 2 rings (SSSR count). The number of rotatable bonds is 8. The van der Waals surface area contributed by atoms with Crippen LogP contribution in [0.4, 0.5) is 0 Å². The Morgan fingerprint density at radius 1 is 0.457 bits per heavy atom. The summed E-state index contributed by atoms with van der Waals surface area (Å²) in [6.45, 7) is 26.5. The maximum atomic E-state index is 11.8. The van der Waals surface area contributed by atoms with E-state index in [1.165, 1.54) is 0 Å². The summed E-state index contributed by atoms with van der Waals surface area (Å²) >= 11 is 0. The van der Waals surface area contributed by atoms with Crippen LogP contribution in [0.2, 0.25) is 0 Å². The second kappa shape index (κ2) is 14.8. The van der Waals surface area contributed by atoms with Gasteiger partial charge in [0.15, 0.2) is 0 Å². The molecule has 0 unspecified atom stereocenters. The molecule has 0 saturated carbocycles. The van der Waals surface area contributed by atoms with Crippen LogP contribution in [0.25, 0.3) is 0 Å². The minimum absolute atomic E-state index is 0.305. The largest absolute Gasteiger partial charge is 0.396 e. The zero-order chi connectivity index (χ0) is 36.5. The van der Waals surface area contributed by atoms with Crippen LogP contribution in [0.1, 0.15) is 116 Å². The molecule has 9 nitrogen and oxygen atoms in total. The van der Waals surface area contributed by atoms with Gasteiger partial charge < -0.3 is 20.4 Å². The molecule has 0 radical (unpaired) electrons. The summed E-state index contributed by atoms with van der Waals surface area (Å²) in [4.78, 5) is 47.2. The molecule has 0 aromatic heterocycles. The molecule has 0 saturated heterocycles. The zero-order valence-corrected chi connectivity index (χ0v) is 32.6. The number of aliphatic hydroxyl groups is 4. The fraction of sp³-hybridized carbons (Fsp3) is 0.657. The summed E-state index contributed by atoms with van der Waals surface area (Å²) in [7, 11) is -9.69. The molecule has 0 atom stereocenters. The van der Waals surface area contributed by atoms with Gasteiger partial charge in [0.05, 0.1) is 31.8 Å². The van der Waals surface area contributed by atoms with E-state index in [9.17, 15) is 19.6 Å². The Kier molecular flexibility index (Phi) is 13.8. The van der Waals surface area contributed by atoms with Crippen molar-refractivity contribution in [3.8, 4) is 0 Å². The van der Waals surface area contributed by atoms with Crippen LogP contribution >= 0.6 is 15.9 Å². The van der Waals surface area contributed by atoms with Gasteiger partial charge in [-0.05, 0) is 0 Å². The molecular formula is C35H64O9P2. The molecule has 0 spiro atoms. The Balaban J connectivity index is 0.00000102. The standard InChI is InChI=1S/C30H52O5P2.C5H12O4/c1-19-15-21(27(3,4)5)25(22(16-19)28(6,7)8)36(31,32)35-37(33,34)26-23(29(9,10)11)17-20(2)18-24(26)30(12,13)14;6-1-5(2-7,3-8)4-9/h15-18,31-34,36-37H,1-14H3;6-9H,1-4H2. The molecule has 0 aliphatic rings. The van der Waals surface area contributed by atoms with Gasteiger partial charge in [0.2, 0.25) is 0 Å². The van der Waals surface area contributed by atoms with E-state index in [1.807, 2.05) is 121 Å². The molecule has 2 aromatic carbocycles. The van der Waals surface area contributed by atoms with E-state index in [1.54, 1.807) is 0 Å². The molecule has 46 heavy (non-hydrogen) atoms. The van der Waals surface area contributed by atoms with E-state index in [0.717, 1.165) is 33.4 Å². The first kappa shape index (κ1) is 43.0. The van der Waals surface area contributed by atoms with Crippen molar-refractivity contribution < 1.29 is 44.3 Å². The number of benzene rings is 2. The Hall–Kier alpha value is -1.06. The van der Waals surface area contributed by atoms with Gasteiger partial charge >= 0.3 is 227 Å². The normalized spacial score (nSPS) is 14.6. The number of aryl methyl sites for hydroxylation is 2. The Bertz CT molecular complexity index is 1140. The van der Waals surface area contributed by atoms with Crippen molar-refractivity contribution in [2.45, 2.75) is 119 Å². The van der Waals surface area contributed by atoms with Gasteiger partial charge in [-0.1, -0.05) is 0 Å². The van der Waals surface area contributed by atoms with Crippen LogP contribution < -0.4 is 10.6 Å². The fourth-order valence-corrected chi connectivity index (χ4v) is 10.8. The number of hydrogen-bond acceptors (Lipinski definition) is 9. The van der Waals surface area contributed by atoms with Gasteiger partial charge in [0.1, 0.15) is 0 Å². The molecule has 268 valence electrons. The first-order chi connectivity index (χ1) is 20.4. The summed E-state index contributed by atoms with van der Waals surface area (Å²) < 4.78 is 5.92.